The normalized spacial score (nSPS) is 9.42. The molecule has 0 radical (unpaired) electrons. The maximum Gasteiger partial charge on any atom is 0.130 e. The van der Waals surface area contributed by atoms with E-state index in [4.69, 9.17) is 0 Å². The van der Waals surface area contributed by atoms with Gasteiger partial charge in [0.15, 0.2) is 0 Å². The topological polar surface area (TPSA) is 37.8 Å². The Morgan fingerprint density at radius 1 is 1.58 bits per heavy atom. The third-order valence-electron chi connectivity index (χ3n) is 1.29. The molecule has 0 aromatic carbocycles. The van der Waals surface area contributed by atoms with E-state index in [0.717, 1.165) is 23.4 Å². The van der Waals surface area contributed by atoms with Crippen LogP contribution in [-0.4, -0.2) is 16.5 Å². The number of rotatable bonds is 4. The maximum atomic E-state index is 4.02. The number of hydrogen-bond donors (Lipinski definition) is 1. The van der Waals surface area contributed by atoms with Gasteiger partial charge in [0.05, 0.1) is 0 Å². The lowest BCUT2D eigenvalue weighted by Crippen LogP contribution is -2.02. The van der Waals surface area contributed by atoms with E-state index in [-0.39, 0.29) is 0 Å². The fraction of sp³-hybridized carbons (Fsp3) is 0.250. The van der Waals surface area contributed by atoms with Crippen LogP contribution in [0.4, 0.5) is 5.82 Å². The van der Waals surface area contributed by atoms with Crippen LogP contribution in [0, 0.1) is 0 Å². The smallest absolute Gasteiger partial charge is 0.130 e. The standard InChI is InChI=1S/C8H10BrN3/c1-2-3-4-10-8-5-7(9)11-6-12-8/h2,5-6H,1,3-4H2,(H,10,11,12). The Morgan fingerprint density at radius 3 is 3.08 bits per heavy atom. The van der Waals surface area contributed by atoms with E-state index in [0.29, 0.717) is 0 Å². The summed E-state index contributed by atoms with van der Waals surface area (Å²) in [6.07, 6.45) is 4.31. The molecule has 0 aliphatic rings. The number of halogens is 1. The Morgan fingerprint density at radius 2 is 2.42 bits per heavy atom. The summed E-state index contributed by atoms with van der Waals surface area (Å²) in [4.78, 5) is 7.94. The van der Waals surface area contributed by atoms with Crippen LogP contribution in [0.5, 0.6) is 0 Å². The summed E-state index contributed by atoms with van der Waals surface area (Å²) in [7, 11) is 0. The second-order valence-electron chi connectivity index (χ2n) is 2.23. The molecule has 0 spiro atoms. The molecule has 1 aromatic rings. The van der Waals surface area contributed by atoms with E-state index >= 15 is 0 Å². The lowest BCUT2D eigenvalue weighted by molar-refractivity contribution is 1.03. The number of anilines is 1. The van der Waals surface area contributed by atoms with Gasteiger partial charge < -0.3 is 5.32 Å². The van der Waals surface area contributed by atoms with Crippen molar-refractivity contribution in [3.05, 3.63) is 29.7 Å². The molecule has 3 nitrogen and oxygen atoms in total. The fourth-order valence-electron chi connectivity index (χ4n) is 0.733. The largest absolute Gasteiger partial charge is 0.370 e. The Balaban J connectivity index is 2.46. The Kier molecular flexibility index (Phi) is 3.73. The molecule has 1 N–H and O–H groups in total. The van der Waals surface area contributed by atoms with Crippen molar-refractivity contribution in [3.63, 3.8) is 0 Å². The van der Waals surface area contributed by atoms with Crippen molar-refractivity contribution in [1.29, 1.82) is 0 Å². The van der Waals surface area contributed by atoms with E-state index < -0.39 is 0 Å². The summed E-state index contributed by atoms with van der Waals surface area (Å²) in [5.41, 5.74) is 0. The van der Waals surface area contributed by atoms with Gasteiger partial charge in [-0.1, -0.05) is 6.08 Å². The quantitative estimate of drug-likeness (QED) is 0.487. The first-order chi connectivity index (χ1) is 5.83. The summed E-state index contributed by atoms with van der Waals surface area (Å²) in [6, 6.07) is 1.84. The molecule has 1 rings (SSSR count). The molecule has 0 atom stereocenters. The van der Waals surface area contributed by atoms with Crippen LogP contribution in [-0.2, 0) is 0 Å². The minimum absolute atomic E-state index is 0.790. The van der Waals surface area contributed by atoms with Crippen LogP contribution in [0.2, 0.25) is 0 Å². The number of nitrogens with one attached hydrogen (secondary N) is 1. The molecule has 0 amide bonds. The predicted octanol–water partition coefficient (Wildman–Crippen LogP) is 2.23. The molecule has 4 heteroatoms. The van der Waals surface area contributed by atoms with Crippen LogP contribution in [0.3, 0.4) is 0 Å². The minimum Gasteiger partial charge on any atom is -0.370 e. The van der Waals surface area contributed by atoms with Crippen molar-refractivity contribution < 1.29 is 0 Å². The first-order valence-corrected chi connectivity index (χ1v) is 4.44. The summed E-state index contributed by atoms with van der Waals surface area (Å²) in [5, 5.41) is 3.13. The number of hydrogen-bond acceptors (Lipinski definition) is 3. The fourth-order valence-corrected chi connectivity index (χ4v) is 1.04. The van der Waals surface area contributed by atoms with Crippen molar-refractivity contribution in [2.75, 3.05) is 11.9 Å². The van der Waals surface area contributed by atoms with Crippen molar-refractivity contribution in [1.82, 2.24) is 9.97 Å². The van der Waals surface area contributed by atoms with Gasteiger partial charge in [-0.25, -0.2) is 9.97 Å². The van der Waals surface area contributed by atoms with Gasteiger partial charge in [-0.05, 0) is 22.4 Å². The summed E-state index contributed by atoms with van der Waals surface area (Å²) in [5.74, 6) is 0.832. The van der Waals surface area contributed by atoms with Crippen LogP contribution in [0.15, 0.2) is 29.7 Å². The molecule has 0 aliphatic heterocycles. The second kappa shape index (κ2) is 4.87. The maximum absolute atomic E-state index is 4.02. The molecule has 1 heterocycles. The first kappa shape index (κ1) is 9.19. The lowest BCUT2D eigenvalue weighted by Gasteiger charge is -2.01. The van der Waals surface area contributed by atoms with Gasteiger partial charge in [0, 0.05) is 12.6 Å². The first-order valence-electron chi connectivity index (χ1n) is 3.65. The zero-order chi connectivity index (χ0) is 8.81. The summed E-state index contributed by atoms with van der Waals surface area (Å²) >= 11 is 3.26. The zero-order valence-corrected chi connectivity index (χ0v) is 8.21. The van der Waals surface area contributed by atoms with Crippen molar-refractivity contribution in [2.45, 2.75) is 6.42 Å². The lowest BCUT2D eigenvalue weighted by atomic mass is 10.4. The Labute approximate surface area is 80.1 Å². The van der Waals surface area contributed by atoms with Gasteiger partial charge in [0.2, 0.25) is 0 Å². The van der Waals surface area contributed by atoms with Crippen molar-refractivity contribution in [2.24, 2.45) is 0 Å². The molecule has 0 saturated heterocycles. The molecule has 64 valence electrons. The van der Waals surface area contributed by atoms with Crippen LogP contribution >= 0.6 is 15.9 Å². The van der Waals surface area contributed by atoms with Gasteiger partial charge >= 0.3 is 0 Å². The van der Waals surface area contributed by atoms with Crippen LogP contribution in [0.25, 0.3) is 0 Å². The van der Waals surface area contributed by atoms with Crippen molar-refractivity contribution in [3.8, 4) is 0 Å². The predicted molar refractivity (Wildman–Crippen MR) is 53.0 cm³/mol. The molecule has 0 bridgehead atoms. The number of nitrogens with zero attached hydrogens (tertiary/aromatic N) is 2. The Bertz CT molecular complexity index is 262. The van der Waals surface area contributed by atoms with Crippen molar-refractivity contribution >= 4 is 21.7 Å². The van der Waals surface area contributed by atoms with Gasteiger partial charge in [0.25, 0.3) is 0 Å². The molecule has 0 unspecified atom stereocenters. The highest BCUT2D eigenvalue weighted by Gasteiger charge is 1.92. The third-order valence-corrected chi connectivity index (χ3v) is 1.72. The molecule has 0 aliphatic carbocycles. The minimum atomic E-state index is 0.790. The average Bonchev–Trinajstić information content (AvgIpc) is 2.05. The average molecular weight is 228 g/mol. The van der Waals surface area contributed by atoms with Gasteiger partial charge in [-0.3, -0.25) is 0 Å². The zero-order valence-electron chi connectivity index (χ0n) is 6.63. The van der Waals surface area contributed by atoms with E-state index in [2.05, 4.69) is 37.8 Å². The molecule has 0 fully saturated rings. The highest BCUT2D eigenvalue weighted by Crippen LogP contribution is 2.08. The van der Waals surface area contributed by atoms with E-state index in [1.165, 1.54) is 6.33 Å². The highest BCUT2D eigenvalue weighted by molar-refractivity contribution is 9.10. The molecular weight excluding hydrogens is 218 g/mol. The van der Waals surface area contributed by atoms with E-state index in [1.54, 1.807) is 0 Å². The number of aromatic nitrogens is 2. The SMILES string of the molecule is C=CCCNc1cc(Br)ncn1. The van der Waals surface area contributed by atoms with E-state index in [1.807, 2.05) is 12.1 Å². The second-order valence-corrected chi connectivity index (χ2v) is 3.04. The molecule has 0 saturated carbocycles. The van der Waals surface area contributed by atoms with Gasteiger partial charge in [0.1, 0.15) is 16.7 Å². The molecule has 1 aromatic heterocycles. The summed E-state index contributed by atoms with van der Waals surface area (Å²) < 4.78 is 0.790. The van der Waals surface area contributed by atoms with Crippen LogP contribution in [0.1, 0.15) is 6.42 Å². The van der Waals surface area contributed by atoms with E-state index in [9.17, 15) is 0 Å². The Hall–Kier alpha value is -0.900. The molecule has 12 heavy (non-hydrogen) atoms. The van der Waals surface area contributed by atoms with Crippen LogP contribution < -0.4 is 5.32 Å². The highest BCUT2D eigenvalue weighted by atomic mass is 79.9. The third kappa shape index (κ3) is 3.00. The molecular formula is C8H10BrN3. The monoisotopic (exact) mass is 227 g/mol. The van der Waals surface area contributed by atoms with Gasteiger partial charge in [-0.2, -0.15) is 0 Å². The van der Waals surface area contributed by atoms with Gasteiger partial charge in [-0.15, -0.1) is 6.58 Å². The summed E-state index contributed by atoms with van der Waals surface area (Å²) in [6.45, 7) is 4.48.